The monoisotopic (exact) mass is 495 g/mol. The fourth-order valence-corrected chi connectivity index (χ4v) is 4.33. The van der Waals surface area contributed by atoms with Gasteiger partial charge < -0.3 is 14.5 Å². The highest BCUT2D eigenvalue weighted by Gasteiger charge is 2.37. The van der Waals surface area contributed by atoms with Crippen LogP contribution >= 0.6 is 11.6 Å². The van der Waals surface area contributed by atoms with Gasteiger partial charge in [0.05, 0.1) is 17.9 Å². The third kappa shape index (κ3) is 4.67. The summed E-state index contributed by atoms with van der Waals surface area (Å²) in [6, 6.07) is 13.8. The van der Waals surface area contributed by atoms with Gasteiger partial charge in [-0.3, -0.25) is 14.4 Å². The maximum Gasteiger partial charge on any atom is 0.314 e. The molecule has 2 aliphatic heterocycles. The van der Waals surface area contributed by atoms with Crippen molar-refractivity contribution in [3.63, 3.8) is 0 Å². The lowest BCUT2D eigenvalue weighted by atomic mass is 9.90. The van der Waals surface area contributed by atoms with Gasteiger partial charge in [0.15, 0.2) is 6.61 Å². The molecule has 0 bridgehead atoms. The molecule has 2 atom stereocenters. The molecule has 1 N–H and O–H groups in total. The Morgan fingerprint density at radius 2 is 1.97 bits per heavy atom. The predicted octanol–water partition coefficient (Wildman–Crippen LogP) is 4.42. The van der Waals surface area contributed by atoms with Crippen LogP contribution in [0.3, 0.4) is 0 Å². The zero-order chi connectivity index (χ0) is 24.5. The molecule has 0 fully saturated rings. The SMILES string of the molecule is O=C1CC(C(=O)OCC(=O)N2N=C(c3ccc(Cl)cc3)CC2c2ccco2)c2ccc(F)cc2N1. The summed E-state index contributed by atoms with van der Waals surface area (Å²) in [5, 5.41) is 8.84. The second-order valence-corrected chi connectivity index (χ2v) is 8.61. The number of furan rings is 1. The van der Waals surface area contributed by atoms with Gasteiger partial charge >= 0.3 is 5.97 Å². The largest absolute Gasteiger partial charge is 0.467 e. The molecule has 0 aliphatic carbocycles. The Hall–Kier alpha value is -3.98. The summed E-state index contributed by atoms with van der Waals surface area (Å²) < 4.78 is 24.4. The molecule has 3 heterocycles. The Morgan fingerprint density at radius 1 is 1.17 bits per heavy atom. The summed E-state index contributed by atoms with van der Waals surface area (Å²) in [6.07, 6.45) is 1.74. The van der Waals surface area contributed by atoms with Crippen molar-refractivity contribution in [1.29, 1.82) is 0 Å². The smallest absolute Gasteiger partial charge is 0.314 e. The van der Waals surface area contributed by atoms with Crippen molar-refractivity contribution in [2.45, 2.75) is 24.8 Å². The number of amides is 2. The molecular formula is C25H19ClFN3O5. The maximum absolute atomic E-state index is 13.6. The first-order chi connectivity index (χ1) is 16.9. The van der Waals surface area contributed by atoms with Gasteiger partial charge in [0.25, 0.3) is 5.91 Å². The van der Waals surface area contributed by atoms with Crippen molar-refractivity contribution in [2.24, 2.45) is 5.10 Å². The maximum atomic E-state index is 13.6. The first kappa shape index (κ1) is 22.8. The van der Waals surface area contributed by atoms with E-state index in [-0.39, 0.29) is 12.1 Å². The number of fused-ring (bicyclic) bond motifs is 1. The summed E-state index contributed by atoms with van der Waals surface area (Å²) in [4.78, 5) is 37.9. The van der Waals surface area contributed by atoms with E-state index in [1.54, 1.807) is 24.3 Å². The van der Waals surface area contributed by atoms with Crippen LogP contribution in [0.1, 0.15) is 41.7 Å². The molecule has 2 amide bonds. The number of benzene rings is 2. The number of hydrogen-bond acceptors (Lipinski definition) is 6. The van der Waals surface area contributed by atoms with Gasteiger partial charge in [-0.05, 0) is 47.5 Å². The van der Waals surface area contributed by atoms with Crippen molar-refractivity contribution in [2.75, 3.05) is 11.9 Å². The Bertz CT molecular complexity index is 1320. The molecule has 3 aromatic rings. The first-order valence-corrected chi connectivity index (χ1v) is 11.2. The van der Waals surface area contributed by atoms with Crippen molar-refractivity contribution in [1.82, 2.24) is 5.01 Å². The zero-order valence-corrected chi connectivity index (χ0v) is 19.0. The number of nitrogens with zero attached hydrogens (tertiary/aromatic N) is 2. The number of esters is 1. The number of hydrogen-bond donors (Lipinski definition) is 1. The molecule has 0 saturated carbocycles. The van der Waals surface area contributed by atoms with Gasteiger partial charge in [-0.25, -0.2) is 9.40 Å². The number of halogens is 2. The highest BCUT2D eigenvalue weighted by atomic mass is 35.5. The van der Waals surface area contributed by atoms with Gasteiger partial charge in [0, 0.05) is 23.6 Å². The van der Waals surface area contributed by atoms with E-state index in [4.69, 9.17) is 20.8 Å². The lowest BCUT2D eigenvalue weighted by Gasteiger charge is -2.25. The molecule has 10 heteroatoms. The number of nitrogens with one attached hydrogen (secondary N) is 1. The summed E-state index contributed by atoms with van der Waals surface area (Å²) in [6.45, 7) is -0.581. The van der Waals surface area contributed by atoms with E-state index in [1.165, 1.54) is 23.4 Å². The molecule has 5 rings (SSSR count). The summed E-state index contributed by atoms with van der Waals surface area (Å²) in [5.74, 6) is -2.69. The van der Waals surface area contributed by atoms with Crippen LogP contribution in [0.2, 0.25) is 5.02 Å². The molecule has 0 radical (unpaired) electrons. The number of anilines is 1. The second kappa shape index (κ2) is 9.34. The van der Waals surface area contributed by atoms with Crippen LogP contribution in [0.5, 0.6) is 0 Å². The van der Waals surface area contributed by atoms with E-state index in [0.717, 1.165) is 11.6 Å². The molecular weight excluding hydrogens is 477 g/mol. The number of rotatable bonds is 5. The van der Waals surface area contributed by atoms with Crippen LogP contribution in [0.15, 0.2) is 70.4 Å². The minimum atomic E-state index is -0.945. The molecule has 2 unspecified atom stereocenters. The zero-order valence-electron chi connectivity index (χ0n) is 18.2. The Kier molecular flexibility index (Phi) is 6.08. The first-order valence-electron chi connectivity index (χ1n) is 10.8. The Labute approximate surface area is 204 Å². The summed E-state index contributed by atoms with van der Waals surface area (Å²) >= 11 is 5.98. The molecule has 0 saturated heterocycles. The molecule has 35 heavy (non-hydrogen) atoms. The quantitative estimate of drug-likeness (QED) is 0.528. The van der Waals surface area contributed by atoms with Crippen LogP contribution < -0.4 is 5.32 Å². The summed E-state index contributed by atoms with van der Waals surface area (Å²) in [7, 11) is 0. The number of ether oxygens (including phenoxy) is 1. The van der Waals surface area contributed by atoms with E-state index in [9.17, 15) is 18.8 Å². The van der Waals surface area contributed by atoms with Crippen LogP contribution in [0.25, 0.3) is 0 Å². The lowest BCUT2D eigenvalue weighted by molar-refractivity contribution is -0.154. The highest BCUT2D eigenvalue weighted by Crippen LogP contribution is 2.35. The average molecular weight is 496 g/mol. The topological polar surface area (TPSA) is 101 Å². The van der Waals surface area contributed by atoms with E-state index in [2.05, 4.69) is 10.4 Å². The van der Waals surface area contributed by atoms with E-state index in [1.807, 2.05) is 12.1 Å². The van der Waals surface area contributed by atoms with E-state index in [0.29, 0.717) is 28.5 Å². The van der Waals surface area contributed by atoms with Gasteiger partial charge in [0.2, 0.25) is 5.91 Å². The van der Waals surface area contributed by atoms with Crippen LogP contribution in [-0.4, -0.2) is 35.1 Å². The van der Waals surface area contributed by atoms with Crippen LogP contribution in [0.4, 0.5) is 10.1 Å². The average Bonchev–Trinajstić information content (AvgIpc) is 3.52. The van der Waals surface area contributed by atoms with Gasteiger partial charge in [0.1, 0.15) is 17.6 Å². The summed E-state index contributed by atoms with van der Waals surface area (Å²) in [5.41, 5.74) is 2.10. The molecule has 2 aliphatic rings. The Morgan fingerprint density at radius 3 is 2.71 bits per heavy atom. The number of carbonyl (C=O) groups is 3. The standard InChI is InChI=1S/C25H19ClFN3O5/c26-15-5-3-14(4-6-15)19-12-21(22-2-1-9-34-22)30(29-19)24(32)13-35-25(33)18-11-23(31)28-20-10-16(27)7-8-17(18)20/h1-10,18,21H,11-13H2,(H,28,31). The minimum absolute atomic E-state index is 0.163. The minimum Gasteiger partial charge on any atom is -0.467 e. The molecule has 0 spiro atoms. The molecule has 1 aromatic heterocycles. The molecule has 178 valence electrons. The van der Waals surface area contributed by atoms with E-state index >= 15 is 0 Å². The lowest BCUT2D eigenvalue weighted by Crippen LogP contribution is -2.33. The van der Waals surface area contributed by atoms with Gasteiger partial charge in [-0.15, -0.1) is 0 Å². The van der Waals surface area contributed by atoms with Crippen molar-refractivity contribution in [3.8, 4) is 0 Å². The van der Waals surface area contributed by atoms with Crippen molar-refractivity contribution < 1.29 is 27.9 Å². The van der Waals surface area contributed by atoms with Crippen LogP contribution in [0, 0.1) is 5.82 Å². The highest BCUT2D eigenvalue weighted by molar-refractivity contribution is 6.30. The third-order valence-corrected chi connectivity index (χ3v) is 6.14. The molecule has 8 nitrogen and oxygen atoms in total. The fraction of sp³-hybridized carbons (Fsp3) is 0.200. The number of hydrazone groups is 1. The van der Waals surface area contributed by atoms with Gasteiger partial charge in [-0.1, -0.05) is 29.8 Å². The number of carbonyl (C=O) groups excluding carboxylic acids is 3. The predicted molar refractivity (Wildman–Crippen MR) is 124 cm³/mol. The second-order valence-electron chi connectivity index (χ2n) is 8.17. The van der Waals surface area contributed by atoms with Gasteiger partial charge in [-0.2, -0.15) is 5.10 Å². The third-order valence-electron chi connectivity index (χ3n) is 5.89. The van der Waals surface area contributed by atoms with Crippen molar-refractivity contribution >= 4 is 40.8 Å². The van der Waals surface area contributed by atoms with Crippen LogP contribution in [-0.2, 0) is 19.1 Å². The fourth-order valence-electron chi connectivity index (χ4n) is 4.21. The molecule has 2 aromatic carbocycles. The van der Waals surface area contributed by atoms with Crippen molar-refractivity contribution in [3.05, 3.63) is 88.6 Å². The van der Waals surface area contributed by atoms with E-state index < -0.39 is 42.2 Å². The normalized spacial score (nSPS) is 19.1. The Balaban J connectivity index is 1.33.